The molecule has 0 bridgehead atoms. The molecule has 6 nitrogen and oxygen atoms in total. The summed E-state index contributed by atoms with van der Waals surface area (Å²) in [6.07, 6.45) is 3.03. The standard InChI is InChI=1S/C20H27N3O3/c21-11-18-10-17(14-26-18)20(25)22-12-15-6-8-23(9-7-15)13-19(24)16-4-2-1-3-5-16/h1-5,10,14-15,19,24H,6-9,11-13,21H2,(H,22,25). The Hall–Kier alpha value is -2.15. The molecule has 0 spiro atoms. The smallest absolute Gasteiger partial charge is 0.254 e. The van der Waals surface area contributed by atoms with Crippen molar-refractivity contribution in [3.05, 3.63) is 59.5 Å². The molecule has 1 fully saturated rings. The van der Waals surface area contributed by atoms with Crippen LogP contribution in [0.4, 0.5) is 0 Å². The fraction of sp³-hybridized carbons (Fsp3) is 0.450. The minimum Gasteiger partial charge on any atom is -0.467 e. The van der Waals surface area contributed by atoms with Gasteiger partial charge < -0.3 is 25.5 Å². The fourth-order valence-corrected chi connectivity index (χ4v) is 3.34. The topological polar surface area (TPSA) is 91.7 Å². The number of benzene rings is 1. The van der Waals surface area contributed by atoms with Crippen LogP contribution in [0.2, 0.25) is 0 Å². The van der Waals surface area contributed by atoms with Crippen molar-refractivity contribution in [1.29, 1.82) is 0 Å². The summed E-state index contributed by atoms with van der Waals surface area (Å²) in [5.74, 6) is 0.959. The van der Waals surface area contributed by atoms with E-state index in [4.69, 9.17) is 10.2 Å². The number of nitrogens with two attached hydrogens (primary N) is 1. The van der Waals surface area contributed by atoms with Crippen LogP contribution >= 0.6 is 0 Å². The molecule has 4 N–H and O–H groups in total. The van der Waals surface area contributed by atoms with Gasteiger partial charge in [-0.2, -0.15) is 0 Å². The van der Waals surface area contributed by atoms with E-state index >= 15 is 0 Å². The van der Waals surface area contributed by atoms with Gasteiger partial charge in [-0.1, -0.05) is 30.3 Å². The summed E-state index contributed by atoms with van der Waals surface area (Å²) in [6, 6.07) is 11.4. The molecule has 1 aromatic carbocycles. The molecule has 6 heteroatoms. The van der Waals surface area contributed by atoms with Gasteiger partial charge in [0.2, 0.25) is 0 Å². The molecule has 1 aliphatic heterocycles. The predicted octanol–water partition coefficient (Wildman–Crippen LogP) is 1.91. The zero-order valence-corrected chi connectivity index (χ0v) is 14.9. The highest BCUT2D eigenvalue weighted by molar-refractivity contribution is 5.93. The Kier molecular flexibility index (Phi) is 6.44. The first-order chi connectivity index (χ1) is 12.7. The normalized spacial score (nSPS) is 17.2. The van der Waals surface area contributed by atoms with E-state index in [9.17, 15) is 9.90 Å². The number of furan rings is 1. The Balaban J connectivity index is 1.39. The van der Waals surface area contributed by atoms with Crippen molar-refractivity contribution in [3.8, 4) is 0 Å². The first-order valence-electron chi connectivity index (χ1n) is 9.16. The van der Waals surface area contributed by atoms with Crippen LogP contribution in [0.1, 0.15) is 40.6 Å². The summed E-state index contributed by atoms with van der Waals surface area (Å²) >= 11 is 0. The lowest BCUT2D eigenvalue weighted by Crippen LogP contribution is -2.40. The predicted molar refractivity (Wildman–Crippen MR) is 99.5 cm³/mol. The second-order valence-electron chi connectivity index (χ2n) is 6.89. The summed E-state index contributed by atoms with van der Waals surface area (Å²) in [7, 11) is 0. The lowest BCUT2D eigenvalue weighted by Gasteiger charge is -2.33. The maximum absolute atomic E-state index is 12.1. The van der Waals surface area contributed by atoms with Gasteiger partial charge in [0.1, 0.15) is 12.0 Å². The number of piperidine rings is 1. The van der Waals surface area contributed by atoms with Crippen LogP contribution in [0.15, 0.2) is 47.1 Å². The maximum atomic E-state index is 12.1. The van der Waals surface area contributed by atoms with Crippen LogP contribution in [0.25, 0.3) is 0 Å². The number of carbonyl (C=O) groups excluding carboxylic acids is 1. The zero-order chi connectivity index (χ0) is 18.4. The van der Waals surface area contributed by atoms with E-state index in [2.05, 4.69) is 10.2 Å². The van der Waals surface area contributed by atoms with Gasteiger partial charge >= 0.3 is 0 Å². The highest BCUT2D eigenvalue weighted by Crippen LogP contribution is 2.20. The number of hydrogen-bond acceptors (Lipinski definition) is 5. The van der Waals surface area contributed by atoms with Crippen molar-refractivity contribution < 1.29 is 14.3 Å². The van der Waals surface area contributed by atoms with Gasteiger partial charge in [-0.05, 0) is 43.5 Å². The number of hydrogen-bond donors (Lipinski definition) is 3. The van der Waals surface area contributed by atoms with E-state index in [1.807, 2.05) is 30.3 Å². The van der Waals surface area contributed by atoms with Crippen molar-refractivity contribution in [2.24, 2.45) is 11.7 Å². The third-order valence-electron chi connectivity index (χ3n) is 4.99. The Morgan fingerprint density at radius 3 is 2.69 bits per heavy atom. The van der Waals surface area contributed by atoms with Crippen molar-refractivity contribution >= 4 is 5.91 Å². The summed E-state index contributed by atoms with van der Waals surface area (Å²) in [5.41, 5.74) is 6.97. The van der Waals surface area contributed by atoms with Crippen LogP contribution in [0, 0.1) is 5.92 Å². The van der Waals surface area contributed by atoms with E-state index in [1.54, 1.807) is 6.07 Å². The summed E-state index contributed by atoms with van der Waals surface area (Å²) in [6.45, 7) is 3.48. The minimum absolute atomic E-state index is 0.115. The van der Waals surface area contributed by atoms with Gasteiger partial charge in [0, 0.05) is 13.1 Å². The number of amides is 1. The SMILES string of the molecule is NCc1cc(C(=O)NCC2CCN(CC(O)c3ccccc3)CC2)co1. The number of aliphatic hydroxyl groups is 1. The lowest BCUT2D eigenvalue weighted by atomic mass is 9.96. The highest BCUT2D eigenvalue weighted by atomic mass is 16.3. The zero-order valence-electron chi connectivity index (χ0n) is 14.9. The Morgan fingerprint density at radius 2 is 2.04 bits per heavy atom. The molecule has 3 rings (SSSR count). The number of aliphatic hydroxyl groups excluding tert-OH is 1. The minimum atomic E-state index is -0.453. The number of carbonyl (C=O) groups is 1. The largest absolute Gasteiger partial charge is 0.467 e. The number of β-amino-alcohol motifs (C(OH)–C–C–N with tert-alkyl or cyclic N) is 1. The van der Waals surface area contributed by atoms with E-state index < -0.39 is 6.10 Å². The molecule has 140 valence electrons. The van der Waals surface area contributed by atoms with Crippen molar-refractivity contribution in [3.63, 3.8) is 0 Å². The average molecular weight is 357 g/mol. The molecule has 0 aliphatic carbocycles. The van der Waals surface area contributed by atoms with Crippen molar-refractivity contribution in [1.82, 2.24) is 10.2 Å². The maximum Gasteiger partial charge on any atom is 0.254 e. The molecule has 1 saturated heterocycles. The molecule has 2 aromatic rings. The summed E-state index contributed by atoms with van der Waals surface area (Å²) < 4.78 is 5.20. The number of likely N-dealkylation sites (tertiary alicyclic amines) is 1. The van der Waals surface area contributed by atoms with Crippen LogP contribution in [-0.2, 0) is 6.54 Å². The third kappa shape index (κ3) is 4.94. The van der Waals surface area contributed by atoms with Crippen LogP contribution in [-0.4, -0.2) is 42.1 Å². The quantitative estimate of drug-likeness (QED) is 0.704. The number of nitrogens with zero attached hydrogens (tertiary/aromatic N) is 1. The molecule has 1 amide bonds. The summed E-state index contributed by atoms with van der Waals surface area (Å²) in [5, 5.41) is 13.3. The average Bonchev–Trinajstić information content (AvgIpc) is 3.17. The molecule has 1 unspecified atom stereocenters. The molecular formula is C20H27N3O3. The molecule has 1 atom stereocenters. The van der Waals surface area contributed by atoms with Gasteiger partial charge in [-0.15, -0.1) is 0 Å². The van der Waals surface area contributed by atoms with E-state index in [1.165, 1.54) is 6.26 Å². The van der Waals surface area contributed by atoms with Crippen molar-refractivity contribution in [2.45, 2.75) is 25.5 Å². The van der Waals surface area contributed by atoms with Crippen LogP contribution in [0.5, 0.6) is 0 Å². The molecule has 0 saturated carbocycles. The molecule has 0 radical (unpaired) electrons. The first-order valence-corrected chi connectivity index (χ1v) is 9.16. The summed E-state index contributed by atoms with van der Waals surface area (Å²) in [4.78, 5) is 14.4. The number of rotatable bonds is 7. The molecular weight excluding hydrogens is 330 g/mol. The highest BCUT2D eigenvalue weighted by Gasteiger charge is 2.22. The van der Waals surface area contributed by atoms with Crippen LogP contribution in [0.3, 0.4) is 0 Å². The second kappa shape index (κ2) is 8.98. The number of nitrogens with one attached hydrogen (secondary N) is 1. The van der Waals surface area contributed by atoms with Gasteiger partial charge in [-0.25, -0.2) is 0 Å². The molecule has 26 heavy (non-hydrogen) atoms. The van der Waals surface area contributed by atoms with E-state index in [0.29, 0.717) is 36.9 Å². The van der Waals surface area contributed by atoms with Gasteiger partial charge in [0.15, 0.2) is 0 Å². The van der Waals surface area contributed by atoms with Crippen LogP contribution < -0.4 is 11.1 Å². The van der Waals surface area contributed by atoms with Gasteiger partial charge in [0.25, 0.3) is 5.91 Å². The third-order valence-corrected chi connectivity index (χ3v) is 4.99. The Labute approximate surface area is 154 Å². The molecule has 1 aliphatic rings. The molecule has 1 aromatic heterocycles. The fourth-order valence-electron chi connectivity index (χ4n) is 3.34. The van der Waals surface area contributed by atoms with Gasteiger partial charge in [0.05, 0.1) is 18.2 Å². The molecule has 2 heterocycles. The Bertz CT molecular complexity index is 693. The van der Waals surface area contributed by atoms with E-state index in [0.717, 1.165) is 31.5 Å². The Morgan fingerprint density at radius 1 is 1.31 bits per heavy atom. The van der Waals surface area contributed by atoms with Gasteiger partial charge in [-0.3, -0.25) is 4.79 Å². The first kappa shape index (κ1) is 18.6. The van der Waals surface area contributed by atoms with E-state index in [-0.39, 0.29) is 5.91 Å². The van der Waals surface area contributed by atoms with Crippen molar-refractivity contribution in [2.75, 3.05) is 26.2 Å². The second-order valence-corrected chi connectivity index (χ2v) is 6.89. The lowest BCUT2D eigenvalue weighted by molar-refractivity contribution is 0.0852. The monoisotopic (exact) mass is 357 g/mol.